The zero-order valence-electron chi connectivity index (χ0n) is 11.3. The maximum Gasteiger partial charge on any atom is 0.335 e. The van der Waals surface area contributed by atoms with E-state index in [2.05, 4.69) is 0 Å². The standard InChI is InChI=1S/C8H6O4.C8H6O2/c9-7(10)5-1-2-6(4-3-5)8(11)12;9-5-7-1-2-8(6-10)4-3-7/h1-4H,(H,9,10)(H,11,12);1-6H. The molecule has 0 aliphatic rings. The lowest BCUT2D eigenvalue weighted by atomic mass is 10.1. The summed E-state index contributed by atoms with van der Waals surface area (Å²) >= 11 is 0. The normalized spacial score (nSPS) is 9.09. The van der Waals surface area contributed by atoms with Crippen molar-refractivity contribution in [3.05, 3.63) is 70.8 Å². The maximum absolute atomic E-state index is 10.3. The Kier molecular flexibility index (Phi) is 6.18. The lowest BCUT2D eigenvalue weighted by Gasteiger charge is -1.94. The first-order chi connectivity index (χ1) is 10.5. The maximum atomic E-state index is 10.3. The van der Waals surface area contributed by atoms with E-state index >= 15 is 0 Å². The van der Waals surface area contributed by atoms with Crippen LogP contribution in [0.25, 0.3) is 0 Å². The lowest BCUT2D eigenvalue weighted by Crippen LogP contribution is -1.99. The van der Waals surface area contributed by atoms with Gasteiger partial charge < -0.3 is 10.2 Å². The molecule has 0 aliphatic heterocycles. The number of hydrogen-bond donors (Lipinski definition) is 2. The molecule has 2 aromatic rings. The Balaban J connectivity index is 0.000000224. The SMILES string of the molecule is O=C(O)c1ccc(C(=O)O)cc1.O=Cc1ccc(C=O)cc1. The fraction of sp³-hybridized carbons (Fsp3) is 0. The third kappa shape index (κ3) is 5.01. The summed E-state index contributed by atoms with van der Waals surface area (Å²) in [5, 5.41) is 16.9. The fourth-order valence-corrected chi connectivity index (χ4v) is 1.41. The van der Waals surface area contributed by atoms with Crippen molar-refractivity contribution in [2.45, 2.75) is 0 Å². The minimum Gasteiger partial charge on any atom is -0.478 e. The minimum atomic E-state index is -1.06. The summed E-state index contributed by atoms with van der Waals surface area (Å²) in [4.78, 5) is 40.9. The van der Waals surface area contributed by atoms with Crippen molar-refractivity contribution in [1.29, 1.82) is 0 Å². The predicted molar refractivity (Wildman–Crippen MR) is 77.6 cm³/mol. The number of aromatic carboxylic acids is 2. The topological polar surface area (TPSA) is 109 Å². The molecule has 0 heterocycles. The molecule has 6 heteroatoms. The van der Waals surface area contributed by atoms with E-state index in [1.807, 2.05) is 0 Å². The molecule has 2 N–H and O–H groups in total. The fourth-order valence-electron chi connectivity index (χ4n) is 1.41. The highest BCUT2D eigenvalue weighted by atomic mass is 16.4. The molecule has 0 radical (unpaired) electrons. The minimum absolute atomic E-state index is 0.0833. The Bertz CT molecular complexity index is 611. The van der Waals surface area contributed by atoms with Crippen LogP contribution in [0.2, 0.25) is 0 Å². The van der Waals surface area contributed by atoms with Gasteiger partial charge in [-0.1, -0.05) is 24.3 Å². The second-order valence-electron chi connectivity index (χ2n) is 4.09. The molecule has 0 bridgehead atoms. The van der Waals surface area contributed by atoms with E-state index in [-0.39, 0.29) is 11.1 Å². The van der Waals surface area contributed by atoms with E-state index < -0.39 is 11.9 Å². The van der Waals surface area contributed by atoms with Crippen LogP contribution >= 0.6 is 0 Å². The largest absolute Gasteiger partial charge is 0.478 e. The summed E-state index contributed by atoms with van der Waals surface area (Å²) in [7, 11) is 0. The number of carbonyl (C=O) groups excluding carboxylic acids is 2. The highest BCUT2D eigenvalue weighted by molar-refractivity contribution is 5.91. The summed E-state index contributed by atoms with van der Waals surface area (Å²) in [6, 6.07) is 11.5. The molecule has 0 saturated carbocycles. The number of carboxylic acids is 2. The van der Waals surface area contributed by atoms with Gasteiger partial charge in [0.15, 0.2) is 0 Å². The smallest absolute Gasteiger partial charge is 0.335 e. The van der Waals surface area contributed by atoms with Gasteiger partial charge in [0.25, 0.3) is 0 Å². The van der Waals surface area contributed by atoms with Crippen molar-refractivity contribution in [2.24, 2.45) is 0 Å². The highest BCUT2D eigenvalue weighted by Crippen LogP contribution is 2.03. The van der Waals surface area contributed by atoms with Crippen LogP contribution in [0.5, 0.6) is 0 Å². The van der Waals surface area contributed by atoms with E-state index in [9.17, 15) is 19.2 Å². The van der Waals surface area contributed by atoms with E-state index in [1.165, 1.54) is 24.3 Å². The average Bonchev–Trinajstić information content (AvgIpc) is 2.55. The third-order valence-electron chi connectivity index (χ3n) is 2.59. The van der Waals surface area contributed by atoms with Crippen molar-refractivity contribution >= 4 is 24.5 Å². The average molecular weight is 300 g/mol. The molecule has 6 nitrogen and oxygen atoms in total. The van der Waals surface area contributed by atoms with E-state index in [0.717, 1.165) is 12.6 Å². The second kappa shape index (κ2) is 8.11. The molecule has 2 aromatic carbocycles. The molecule has 22 heavy (non-hydrogen) atoms. The third-order valence-corrected chi connectivity index (χ3v) is 2.59. The number of aldehydes is 2. The van der Waals surface area contributed by atoms with Gasteiger partial charge in [0.2, 0.25) is 0 Å². The van der Waals surface area contributed by atoms with Gasteiger partial charge in [-0.15, -0.1) is 0 Å². The molecule has 0 fully saturated rings. The molecule has 0 saturated heterocycles. The van der Waals surface area contributed by atoms with Crippen molar-refractivity contribution in [1.82, 2.24) is 0 Å². The highest BCUT2D eigenvalue weighted by Gasteiger charge is 2.04. The van der Waals surface area contributed by atoms with E-state index in [1.54, 1.807) is 24.3 Å². The number of rotatable bonds is 4. The van der Waals surface area contributed by atoms with Gasteiger partial charge in [0, 0.05) is 11.1 Å². The Labute approximate surface area is 125 Å². The number of hydrogen-bond acceptors (Lipinski definition) is 4. The van der Waals surface area contributed by atoms with Gasteiger partial charge in [0.1, 0.15) is 12.6 Å². The molecule has 112 valence electrons. The van der Waals surface area contributed by atoms with Gasteiger partial charge >= 0.3 is 11.9 Å². The quantitative estimate of drug-likeness (QED) is 0.839. The zero-order valence-corrected chi connectivity index (χ0v) is 11.3. The Morgan fingerprint density at radius 1 is 0.636 bits per heavy atom. The van der Waals surface area contributed by atoms with E-state index in [4.69, 9.17) is 10.2 Å². The van der Waals surface area contributed by atoms with Crippen molar-refractivity contribution < 1.29 is 29.4 Å². The summed E-state index contributed by atoms with van der Waals surface area (Å²) < 4.78 is 0. The molecular weight excluding hydrogens is 288 g/mol. The van der Waals surface area contributed by atoms with Gasteiger partial charge in [-0.3, -0.25) is 9.59 Å². The van der Waals surface area contributed by atoms with Crippen molar-refractivity contribution in [3.8, 4) is 0 Å². The predicted octanol–water partition coefficient (Wildman–Crippen LogP) is 2.39. The van der Waals surface area contributed by atoms with Crippen molar-refractivity contribution in [3.63, 3.8) is 0 Å². The molecular formula is C16H12O6. The van der Waals surface area contributed by atoms with Crippen LogP contribution in [0, 0.1) is 0 Å². The summed E-state index contributed by atoms with van der Waals surface area (Å²) in [5.41, 5.74) is 1.34. The van der Waals surface area contributed by atoms with Gasteiger partial charge in [-0.25, -0.2) is 9.59 Å². The Morgan fingerprint density at radius 2 is 0.909 bits per heavy atom. The van der Waals surface area contributed by atoms with Gasteiger partial charge in [-0.2, -0.15) is 0 Å². The van der Waals surface area contributed by atoms with Crippen LogP contribution in [0.1, 0.15) is 41.4 Å². The molecule has 0 aromatic heterocycles. The molecule has 0 aliphatic carbocycles. The molecule has 0 atom stereocenters. The van der Waals surface area contributed by atoms with Gasteiger partial charge in [-0.05, 0) is 24.3 Å². The van der Waals surface area contributed by atoms with Crippen LogP contribution in [-0.2, 0) is 0 Å². The molecule has 0 spiro atoms. The first-order valence-corrected chi connectivity index (χ1v) is 6.05. The van der Waals surface area contributed by atoms with E-state index in [0.29, 0.717) is 11.1 Å². The Hall–Kier alpha value is -3.28. The monoisotopic (exact) mass is 300 g/mol. The van der Waals surface area contributed by atoms with Crippen LogP contribution in [-0.4, -0.2) is 34.7 Å². The molecule has 0 unspecified atom stereocenters. The van der Waals surface area contributed by atoms with Crippen molar-refractivity contribution in [2.75, 3.05) is 0 Å². The number of carboxylic acid groups (broad SMARTS) is 2. The first kappa shape index (κ1) is 16.8. The number of carbonyl (C=O) groups is 4. The lowest BCUT2D eigenvalue weighted by molar-refractivity contribution is 0.0681. The number of benzene rings is 2. The van der Waals surface area contributed by atoms with Gasteiger partial charge in [0.05, 0.1) is 11.1 Å². The molecule has 0 amide bonds. The summed E-state index contributed by atoms with van der Waals surface area (Å²) in [6.07, 6.45) is 1.49. The first-order valence-electron chi connectivity index (χ1n) is 6.05. The molecule has 2 rings (SSSR count). The van der Waals surface area contributed by atoms with Crippen LogP contribution in [0.15, 0.2) is 48.5 Å². The van der Waals surface area contributed by atoms with Crippen LogP contribution in [0.3, 0.4) is 0 Å². The van der Waals surface area contributed by atoms with Crippen LogP contribution in [0.4, 0.5) is 0 Å². The Morgan fingerprint density at radius 3 is 1.09 bits per heavy atom. The summed E-state index contributed by atoms with van der Waals surface area (Å²) in [6.45, 7) is 0. The van der Waals surface area contributed by atoms with Crippen LogP contribution < -0.4 is 0 Å². The second-order valence-corrected chi connectivity index (χ2v) is 4.09. The summed E-state index contributed by atoms with van der Waals surface area (Å²) in [5.74, 6) is -2.13. The zero-order chi connectivity index (χ0) is 16.5.